The summed E-state index contributed by atoms with van der Waals surface area (Å²) in [5.74, 6) is 1.45. The van der Waals surface area contributed by atoms with Crippen LogP contribution in [0.25, 0.3) is 0 Å². The molecule has 0 atom stereocenters. The van der Waals surface area contributed by atoms with E-state index in [1.165, 1.54) is 23.9 Å². The Hall–Kier alpha value is -3.28. The second-order valence-electron chi connectivity index (χ2n) is 6.37. The average molecular weight is 384 g/mol. The van der Waals surface area contributed by atoms with Crippen molar-refractivity contribution in [2.75, 3.05) is 5.43 Å². The average Bonchev–Trinajstić information content (AvgIpc) is 2.66. The highest BCUT2D eigenvalue weighted by molar-refractivity contribution is 5.80. The maximum absolute atomic E-state index is 12.7. The Balaban J connectivity index is 1.62. The van der Waals surface area contributed by atoms with Crippen LogP contribution in [-0.2, 0) is 6.18 Å². The van der Waals surface area contributed by atoms with Crippen molar-refractivity contribution >= 4 is 11.9 Å². The topological polar surface area (TPSA) is 33.6 Å². The molecular weight excluding hydrogens is 365 g/mol. The van der Waals surface area contributed by atoms with Crippen LogP contribution in [-0.4, -0.2) is 6.21 Å². The Morgan fingerprint density at radius 3 is 2.25 bits per heavy atom. The van der Waals surface area contributed by atoms with Gasteiger partial charge in [0.2, 0.25) is 0 Å². The molecule has 3 aromatic carbocycles. The largest absolute Gasteiger partial charge is 0.457 e. The van der Waals surface area contributed by atoms with Gasteiger partial charge in [0.1, 0.15) is 11.5 Å². The van der Waals surface area contributed by atoms with Gasteiger partial charge in [-0.2, -0.15) is 18.3 Å². The number of halogens is 3. The van der Waals surface area contributed by atoms with Crippen molar-refractivity contribution in [3.63, 3.8) is 0 Å². The molecule has 144 valence electrons. The summed E-state index contributed by atoms with van der Waals surface area (Å²) in [6, 6.07) is 18.0. The van der Waals surface area contributed by atoms with Gasteiger partial charge in [0, 0.05) is 0 Å². The van der Waals surface area contributed by atoms with Crippen molar-refractivity contribution in [3.05, 3.63) is 89.0 Å². The first kappa shape index (κ1) is 19.5. The lowest BCUT2D eigenvalue weighted by Crippen LogP contribution is -2.05. The van der Waals surface area contributed by atoms with E-state index in [4.69, 9.17) is 4.74 Å². The molecule has 0 heterocycles. The maximum Gasteiger partial charge on any atom is 0.416 e. The van der Waals surface area contributed by atoms with Gasteiger partial charge in [-0.3, -0.25) is 5.43 Å². The fraction of sp³-hybridized carbons (Fsp3) is 0.136. The minimum absolute atomic E-state index is 0.265. The first-order valence-electron chi connectivity index (χ1n) is 8.63. The molecule has 0 aliphatic heterocycles. The Morgan fingerprint density at radius 2 is 1.57 bits per heavy atom. The van der Waals surface area contributed by atoms with E-state index in [0.717, 1.165) is 29.0 Å². The lowest BCUT2D eigenvalue weighted by molar-refractivity contribution is -0.137. The molecule has 0 aliphatic rings. The van der Waals surface area contributed by atoms with Crippen molar-refractivity contribution in [2.45, 2.75) is 20.0 Å². The summed E-state index contributed by atoms with van der Waals surface area (Å²) in [6.45, 7) is 4.07. The summed E-state index contributed by atoms with van der Waals surface area (Å²) in [7, 11) is 0. The third-order valence-corrected chi connectivity index (χ3v) is 4.19. The summed E-state index contributed by atoms with van der Waals surface area (Å²) in [5, 5.41) is 3.99. The van der Waals surface area contributed by atoms with E-state index in [1.807, 2.05) is 44.2 Å². The number of anilines is 1. The predicted octanol–water partition coefficient (Wildman–Crippen LogP) is 6.56. The first-order valence-corrected chi connectivity index (χ1v) is 8.63. The Bertz CT molecular complexity index is 980. The van der Waals surface area contributed by atoms with Crippen LogP contribution in [0.4, 0.5) is 18.9 Å². The number of rotatable bonds is 5. The van der Waals surface area contributed by atoms with E-state index >= 15 is 0 Å². The molecule has 0 radical (unpaired) electrons. The first-order chi connectivity index (χ1) is 13.3. The number of alkyl halides is 3. The summed E-state index contributed by atoms with van der Waals surface area (Å²) in [6.07, 6.45) is -2.85. The van der Waals surface area contributed by atoms with Crippen LogP contribution >= 0.6 is 0 Å². The number of hydrogen-bond donors (Lipinski definition) is 1. The number of nitrogens with one attached hydrogen (secondary N) is 1. The van der Waals surface area contributed by atoms with Crippen LogP contribution < -0.4 is 10.2 Å². The molecule has 0 saturated carbocycles. The Morgan fingerprint density at radius 1 is 0.857 bits per heavy atom. The molecule has 28 heavy (non-hydrogen) atoms. The second-order valence-corrected chi connectivity index (χ2v) is 6.37. The van der Waals surface area contributed by atoms with E-state index < -0.39 is 11.7 Å². The van der Waals surface area contributed by atoms with Crippen LogP contribution in [0.3, 0.4) is 0 Å². The van der Waals surface area contributed by atoms with Crippen LogP contribution in [0.1, 0.15) is 22.3 Å². The highest BCUT2D eigenvalue weighted by Crippen LogP contribution is 2.30. The van der Waals surface area contributed by atoms with Crippen molar-refractivity contribution in [3.8, 4) is 11.5 Å². The summed E-state index contributed by atoms with van der Waals surface area (Å²) < 4.78 is 44.0. The molecule has 0 bridgehead atoms. The van der Waals surface area contributed by atoms with Gasteiger partial charge in [0.15, 0.2) is 0 Å². The van der Waals surface area contributed by atoms with Crippen molar-refractivity contribution < 1.29 is 17.9 Å². The van der Waals surface area contributed by atoms with Crippen LogP contribution in [0.5, 0.6) is 11.5 Å². The minimum atomic E-state index is -4.38. The summed E-state index contributed by atoms with van der Waals surface area (Å²) in [5.41, 5.74) is 5.29. The van der Waals surface area contributed by atoms with Gasteiger partial charge in [-0.1, -0.05) is 12.1 Å². The zero-order valence-electron chi connectivity index (χ0n) is 15.4. The second kappa shape index (κ2) is 8.17. The summed E-state index contributed by atoms with van der Waals surface area (Å²) in [4.78, 5) is 0. The molecule has 0 unspecified atom stereocenters. The zero-order valence-corrected chi connectivity index (χ0v) is 15.4. The number of ether oxygens (including phenoxy) is 1. The quantitative estimate of drug-likeness (QED) is 0.399. The fourth-order valence-electron chi connectivity index (χ4n) is 2.48. The number of hydrazone groups is 1. The lowest BCUT2D eigenvalue weighted by Gasteiger charge is -2.08. The van der Waals surface area contributed by atoms with E-state index in [2.05, 4.69) is 10.5 Å². The molecule has 3 aromatic rings. The van der Waals surface area contributed by atoms with Crippen molar-refractivity contribution in [1.29, 1.82) is 0 Å². The monoisotopic (exact) mass is 384 g/mol. The minimum Gasteiger partial charge on any atom is -0.457 e. The third kappa shape index (κ3) is 5.13. The molecular formula is C22H19F3N2O. The molecule has 3 nitrogen and oxygen atoms in total. The number of aryl methyl sites for hydroxylation is 2. The molecule has 0 fully saturated rings. The molecule has 0 spiro atoms. The molecule has 0 aromatic heterocycles. The fourth-order valence-corrected chi connectivity index (χ4v) is 2.48. The van der Waals surface area contributed by atoms with E-state index in [9.17, 15) is 13.2 Å². The standard InChI is InChI=1S/C22H19F3N2O/c1-15-6-9-21(12-16(15)2)28-20-10-7-17(8-11-20)14-26-27-19-5-3-4-18(13-19)22(23,24)25/h3-14,27H,1-2H3. The van der Waals surface area contributed by atoms with E-state index in [-0.39, 0.29) is 5.69 Å². The molecule has 3 rings (SSSR count). The van der Waals surface area contributed by atoms with Crippen LogP contribution in [0, 0.1) is 13.8 Å². The maximum atomic E-state index is 12.7. The van der Waals surface area contributed by atoms with Crippen molar-refractivity contribution in [2.24, 2.45) is 5.10 Å². The Labute approximate surface area is 161 Å². The van der Waals surface area contributed by atoms with Gasteiger partial charge in [-0.15, -0.1) is 0 Å². The molecule has 0 saturated heterocycles. The molecule has 1 N–H and O–H groups in total. The van der Waals surface area contributed by atoms with Gasteiger partial charge >= 0.3 is 6.18 Å². The number of hydrogen-bond acceptors (Lipinski definition) is 3. The van der Waals surface area contributed by atoms with Gasteiger partial charge in [0.25, 0.3) is 0 Å². The van der Waals surface area contributed by atoms with Crippen molar-refractivity contribution in [1.82, 2.24) is 0 Å². The smallest absolute Gasteiger partial charge is 0.416 e. The zero-order chi connectivity index (χ0) is 20.1. The number of benzene rings is 3. The van der Waals surface area contributed by atoms with Crippen LogP contribution in [0.15, 0.2) is 71.8 Å². The molecule has 0 amide bonds. The third-order valence-electron chi connectivity index (χ3n) is 4.19. The van der Waals surface area contributed by atoms with Gasteiger partial charge in [-0.05, 0) is 85.1 Å². The normalized spacial score (nSPS) is 11.6. The highest BCUT2D eigenvalue weighted by Gasteiger charge is 2.30. The predicted molar refractivity (Wildman–Crippen MR) is 105 cm³/mol. The Kier molecular flexibility index (Phi) is 5.68. The molecule has 0 aliphatic carbocycles. The van der Waals surface area contributed by atoms with Gasteiger partial charge in [-0.25, -0.2) is 0 Å². The molecule has 6 heteroatoms. The SMILES string of the molecule is Cc1ccc(Oc2ccc(C=NNc3cccc(C(F)(F)F)c3)cc2)cc1C. The van der Waals surface area contributed by atoms with Gasteiger partial charge < -0.3 is 4.74 Å². The van der Waals surface area contributed by atoms with E-state index in [0.29, 0.717) is 5.75 Å². The lowest BCUT2D eigenvalue weighted by atomic mass is 10.1. The van der Waals surface area contributed by atoms with Gasteiger partial charge in [0.05, 0.1) is 17.5 Å². The summed E-state index contributed by atoms with van der Waals surface area (Å²) >= 11 is 0. The van der Waals surface area contributed by atoms with Crippen LogP contribution in [0.2, 0.25) is 0 Å². The van der Waals surface area contributed by atoms with E-state index in [1.54, 1.807) is 12.1 Å². The number of nitrogens with zero attached hydrogens (tertiary/aromatic N) is 1. The highest BCUT2D eigenvalue weighted by atomic mass is 19.4.